The summed E-state index contributed by atoms with van der Waals surface area (Å²) in [5.41, 5.74) is 2.29. The first kappa shape index (κ1) is 15.0. The predicted octanol–water partition coefficient (Wildman–Crippen LogP) is 2.07. The number of hydrogen-bond acceptors (Lipinski definition) is 4. The number of aromatic nitrogens is 3. The van der Waals surface area contributed by atoms with E-state index in [4.69, 9.17) is 4.74 Å². The molecule has 0 aliphatic rings. The summed E-state index contributed by atoms with van der Waals surface area (Å²) in [6.45, 7) is 6.23. The van der Waals surface area contributed by atoms with E-state index in [9.17, 15) is 4.79 Å². The fourth-order valence-corrected chi connectivity index (χ4v) is 2.08. The summed E-state index contributed by atoms with van der Waals surface area (Å²) in [7, 11) is 0. The molecular weight excluding hydrogens is 268 g/mol. The van der Waals surface area contributed by atoms with Crippen molar-refractivity contribution in [2.75, 3.05) is 6.61 Å². The molecular formula is C15H20N4O2. The molecule has 0 spiro atoms. The lowest BCUT2D eigenvalue weighted by Crippen LogP contribution is -2.28. The van der Waals surface area contributed by atoms with Crippen molar-refractivity contribution < 1.29 is 9.53 Å². The highest BCUT2D eigenvalue weighted by Gasteiger charge is 2.11. The van der Waals surface area contributed by atoms with Crippen LogP contribution in [0.25, 0.3) is 0 Å². The van der Waals surface area contributed by atoms with Crippen LogP contribution >= 0.6 is 0 Å². The first-order valence-electron chi connectivity index (χ1n) is 6.90. The van der Waals surface area contributed by atoms with Gasteiger partial charge in [-0.2, -0.15) is 5.10 Å². The summed E-state index contributed by atoms with van der Waals surface area (Å²) in [6, 6.07) is 5.81. The van der Waals surface area contributed by atoms with E-state index in [1.165, 1.54) is 6.33 Å². The second kappa shape index (κ2) is 6.88. The van der Waals surface area contributed by atoms with Crippen molar-refractivity contribution in [3.05, 3.63) is 41.5 Å². The van der Waals surface area contributed by atoms with Crippen LogP contribution < -0.4 is 10.1 Å². The molecule has 0 bridgehead atoms. The third-order valence-electron chi connectivity index (χ3n) is 3.01. The molecule has 1 aromatic carbocycles. The molecule has 1 amide bonds. The van der Waals surface area contributed by atoms with Crippen LogP contribution in [-0.2, 0) is 4.79 Å². The highest BCUT2D eigenvalue weighted by atomic mass is 16.5. The Morgan fingerprint density at radius 1 is 1.33 bits per heavy atom. The lowest BCUT2D eigenvalue weighted by Gasteiger charge is -2.12. The Hall–Kier alpha value is -2.37. The van der Waals surface area contributed by atoms with Gasteiger partial charge >= 0.3 is 0 Å². The average Bonchev–Trinajstić information content (AvgIpc) is 2.91. The zero-order valence-corrected chi connectivity index (χ0v) is 12.5. The predicted molar refractivity (Wildman–Crippen MR) is 79.0 cm³/mol. The Bertz CT molecular complexity index is 575. The molecule has 112 valence electrons. The van der Waals surface area contributed by atoms with Crippen molar-refractivity contribution in [3.8, 4) is 5.75 Å². The van der Waals surface area contributed by atoms with Gasteiger partial charge in [0.2, 0.25) is 5.91 Å². The van der Waals surface area contributed by atoms with Crippen molar-refractivity contribution in [1.82, 2.24) is 20.5 Å². The molecule has 0 aliphatic carbocycles. The van der Waals surface area contributed by atoms with Crippen molar-refractivity contribution in [3.63, 3.8) is 0 Å². The number of hydrogen-bond donors (Lipinski definition) is 2. The largest absolute Gasteiger partial charge is 0.493 e. The van der Waals surface area contributed by atoms with Crippen LogP contribution in [0, 0.1) is 13.8 Å². The van der Waals surface area contributed by atoms with Crippen molar-refractivity contribution in [1.29, 1.82) is 0 Å². The van der Waals surface area contributed by atoms with Crippen LogP contribution in [0.4, 0.5) is 0 Å². The molecule has 0 fully saturated rings. The molecule has 2 rings (SSSR count). The summed E-state index contributed by atoms with van der Waals surface area (Å²) in [5, 5.41) is 9.32. The maximum atomic E-state index is 11.8. The van der Waals surface area contributed by atoms with Crippen LogP contribution in [0.2, 0.25) is 0 Å². The summed E-state index contributed by atoms with van der Waals surface area (Å²) < 4.78 is 5.61. The van der Waals surface area contributed by atoms with Gasteiger partial charge in [0, 0.05) is 0 Å². The van der Waals surface area contributed by atoms with E-state index in [1.54, 1.807) is 0 Å². The number of carbonyl (C=O) groups is 1. The number of nitrogens with zero attached hydrogens (tertiary/aromatic N) is 2. The van der Waals surface area contributed by atoms with E-state index in [0.717, 1.165) is 16.9 Å². The molecule has 0 saturated heterocycles. The first-order chi connectivity index (χ1) is 10.0. The average molecular weight is 288 g/mol. The van der Waals surface area contributed by atoms with Gasteiger partial charge in [-0.3, -0.25) is 9.89 Å². The van der Waals surface area contributed by atoms with E-state index in [0.29, 0.717) is 18.9 Å². The number of aromatic amines is 1. The zero-order chi connectivity index (χ0) is 15.2. The monoisotopic (exact) mass is 288 g/mol. The standard InChI is InChI=1S/C15H20N4O2/c1-10-6-11(2)8-13(7-10)21-5-4-14(20)18-12(3)15-16-9-17-19-15/h6-9,12H,4-5H2,1-3H3,(H,18,20)(H,16,17,19). The zero-order valence-electron chi connectivity index (χ0n) is 12.5. The summed E-state index contributed by atoms with van der Waals surface area (Å²) >= 11 is 0. The van der Waals surface area contributed by atoms with Crippen LogP contribution in [0.1, 0.15) is 36.3 Å². The quantitative estimate of drug-likeness (QED) is 0.852. The molecule has 2 aromatic rings. The number of aryl methyl sites for hydroxylation is 2. The van der Waals surface area contributed by atoms with E-state index in [2.05, 4.69) is 26.6 Å². The van der Waals surface area contributed by atoms with E-state index in [-0.39, 0.29) is 11.9 Å². The van der Waals surface area contributed by atoms with E-state index < -0.39 is 0 Å². The van der Waals surface area contributed by atoms with Gasteiger partial charge in [-0.1, -0.05) is 6.07 Å². The second-order valence-corrected chi connectivity index (χ2v) is 5.08. The maximum absolute atomic E-state index is 11.8. The molecule has 0 aliphatic heterocycles. The van der Waals surface area contributed by atoms with Crippen LogP contribution in [0.3, 0.4) is 0 Å². The SMILES string of the molecule is Cc1cc(C)cc(OCCC(=O)NC(C)c2ncn[nH]2)c1. The van der Waals surface area contributed by atoms with Crippen molar-refractivity contribution in [2.24, 2.45) is 0 Å². The van der Waals surface area contributed by atoms with Gasteiger partial charge in [0.25, 0.3) is 0 Å². The third kappa shape index (κ3) is 4.59. The Kier molecular flexibility index (Phi) is 4.92. The number of amides is 1. The molecule has 1 aromatic heterocycles. The summed E-state index contributed by atoms with van der Waals surface area (Å²) in [6.07, 6.45) is 1.71. The van der Waals surface area contributed by atoms with Gasteiger partial charge in [0.15, 0.2) is 0 Å². The fourth-order valence-electron chi connectivity index (χ4n) is 2.08. The Morgan fingerprint density at radius 3 is 2.67 bits per heavy atom. The van der Waals surface area contributed by atoms with Gasteiger partial charge < -0.3 is 10.1 Å². The lowest BCUT2D eigenvalue weighted by atomic mass is 10.1. The third-order valence-corrected chi connectivity index (χ3v) is 3.01. The lowest BCUT2D eigenvalue weighted by molar-refractivity contribution is -0.122. The van der Waals surface area contributed by atoms with E-state index >= 15 is 0 Å². The minimum atomic E-state index is -0.193. The number of nitrogens with one attached hydrogen (secondary N) is 2. The van der Waals surface area contributed by atoms with Crippen molar-refractivity contribution >= 4 is 5.91 Å². The molecule has 21 heavy (non-hydrogen) atoms. The Morgan fingerprint density at radius 2 is 2.05 bits per heavy atom. The molecule has 0 saturated carbocycles. The molecule has 1 unspecified atom stereocenters. The fraction of sp³-hybridized carbons (Fsp3) is 0.400. The summed E-state index contributed by atoms with van der Waals surface area (Å²) in [5.74, 6) is 1.35. The number of benzene rings is 1. The molecule has 6 heteroatoms. The van der Waals surface area contributed by atoms with Crippen LogP contribution in [0.15, 0.2) is 24.5 Å². The highest BCUT2D eigenvalue weighted by Crippen LogP contribution is 2.16. The van der Waals surface area contributed by atoms with Crippen LogP contribution in [0.5, 0.6) is 5.75 Å². The van der Waals surface area contributed by atoms with Gasteiger partial charge in [-0.15, -0.1) is 0 Å². The Balaban J connectivity index is 1.76. The van der Waals surface area contributed by atoms with Crippen LogP contribution in [-0.4, -0.2) is 27.7 Å². The number of carbonyl (C=O) groups excluding carboxylic acids is 1. The van der Waals surface area contributed by atoms with Crippen molar-refractivity contribution in [2.45, 2.75) is 33.2 Å². The minimum Gasteiger partial charge on any atom is -0.493 e. The van der Waals surface area contributed by atoms with Gasteiger partial charge in [0.05, 0.1) is 19.1 Å². The second-order valence-electron chi connectivity index (χ2n) is 5.08. The Labute approximate surface area is 123 Å². The van der Waals surface area contributed by atoms with Gasteiger partial charge in [-0.25, -0.2) is 4.98 Å². The molecule has 0 radical (unpaired) electrons. The molecule has 2 N–H and O–H groups in total. The van der Waals surface area contributed by atoms with Gasteiger partial charge in [-0.05, 0) is 44.0 Å². The highest BCUT2D eigenvalue weighted by molar-refractivity contribution is 5.76. The maximum Gasteiger partial charge on any atom is 0.224 e. The number of H-pyrrole nitrogens is 1. The molecule has 1 heterocycles. The summed E-state index contributed by atoms with van der Waals surface area (Å²) in [4.78, 5) is 15.8. The minimum absolute atomic E-state index is 0.0803. The number of ether oxygens (including phenoxy) is 1. The first-order valence-corrected chi connectivity index (χ1v) is 6.90. The van der Waals surface area contributed by atoms with E-state index in [1.807, 2.05) is 32.9 Å². The topological polar surface area (TPSA) is 79.9 Å². The molecule has 1 atom stereocenters. The number of rotatable bonds is 6. The molecule has 6 nitrogen and oxygen atoms in total. The van der Waals surface area contributed by atoms with Gasteiger partial charge in [0.1, 0.15) is 17.9 Å². The normalized spacial score (nSPS) is 12.0. The smallest absolute Gasteiger partial charge is 0.224 e.